The van der Waals surface area contributed by atoms with Crippen LogP contribution in [0.15, 0.2) is 46.6 Å². The van der Waals surface area contributed by atoms with Gasteiger partial charge in [-0.3, -0.25) is 0 Å². The summed E-state index contributed by atoms with van der Waals surface area (Å²) in [4.78, 5) is 22.1. The van der Waals surface area contributed by atoms with E-state index in [-0.39, 0.29) is 16.8 Å². The normalized spacial score (nSPS) is 10.7. The highest BCUT2D eigenvalue weighted by Crippen LogP contribution is 2.31. The highest BCUT2D eigenvalue weighted by Gasteiger charge is 2.11. The molecule has 0 radical (unpaired) electrons. The van der Waals surface area contributed by atoms with Crippen LogP contribution in [0.5, 0.6) is 5.75 Å². The van der Waals surface area contributed by atoms with Crippen LogP contribution < -0.4 is 10.5 Å². The van der Waals surface area contributed by atoms with Crippen molar-refractivity contribution in [3.8, 4) is 5.75 Å². The van der Waals surface area contributed by atoms with Crippen LogP contribution in [-0.2, 0) is 0 Å². The number of benzene rings is 2. The number of methoxy groups -OCH3 is 1. The molecule has 0 aliphatic carbocycles. The SMILES string of the molecule is COc1cc(N)ccc1N=Nc1cc(C(=O)O)cc(C(=O)O)c1. The fraction of sp³-hybridized carbons (Fsp3) is 0.0667. The summed E-state index contributed by atoms with van der Waals surface area (Å²) in [6.45, 7) is 0. The lowest BCUT2D eigenvalue weighted by atomic mass is 10.1. The molecule has 0 saturated carbocycles. The second-order valence-electron chi connectivity index (χ2n) is 4.51. The molecule has 0 aliphatic heterocycles. The maximum absolute atomic E-state index is 11.0. The molecule has 4 N–H and O–H groups in total. The summed E-state index contributed by atoms with van der Waals surface area (Å²) in [6.07, 6.45) is 0. The van der Waals surface area contributed by atoms with Crippen molar-refractivity contribution >= 4 is 29.0 Å². The maximum Gasteiger partial charge on any atom is 0.335 e. The zero-order valence-electron chi connectivity index (χ0n) is 12.1. The molecule has 0 fully saturated rings. The Labute approximate surface area is 130 Å². The van der Waals surface area contributed by atoms with Gasteiger partial charge in [-0.2, -0.15) is 5.11 Å². The van der Waals surface area contributed by atoms with Crippen LogP contribution in [0.25, 0.3) is 0 Å². The molecule has 8 nitrogen and oxygen atoms in total. The number of carbonyl (C=O) groups is 2. The molecule has 0 atom stereocenters. The second kappa shape index (κ2) is 6.56. The molecule has 0 amide bonds. The Morgan fingerprint density at radius 3 is 2.13 bits per heavy atom. The Balaban J connectivity index is 2.43. The molecular weight excluding hydrogens is 302 g/mol. The minimum atomic E-state index is -1.25. The molecule has 8 heteroatoms. The van der Waals surface area contributed by atoms with Gasteiger partial charge >= 0.3 is 11.9 Å². The maximum atomic E-state index is 11.0. The van der Waals surface area contributed by atoms with E-state index in [2.05, 4.69) is 10.2 Å². The van der Waals surface area contributed by atoms with Crippen molar-refractivity contribution in [1.82, 2.24) is 0 Å². The summed E-state index contributed by atoms with van der Waals surface area (Å²) in [5, 5.41) is 25.9. The number of carboxylic acids is 2. The Hall–Kier alpha value is -3.42. The third-order valence-corrected chi connectivity index (χ3v) is 2.89. The average Bonchev–Trinajstić information content (AvgIpc) is 2.53. The van der Waals surface area contributed by atoms with E-state index < -0.39 is 11.9 Å². The van der Waals surface area contributed by atoms with E-state index in [0.717, 1.165) is 6.07 Å². The van der Waals surface area contributed by atoms with Crippen molar-refractivity contribution in [2.45, 2.75) is 0 Å². The quantitative estimate of drug-likeness (QED) is 0.573. The number of ether oxygens (including phenoxy) is 1. The van der Waals surface area contributed by atoms with Gasteiger partial charge in [0.05, 0.1) is 23.9 Å². The van der Waals surface area contributed by atoms with Crippen molar-refractivity contribution in [2.24, 2.45) is 10.2 Å². The highest BCUT2D eigenvalue weighted by molar-refractivity contribution is 5.95. The van der Waals surface area contributed by atoms with Crippen LogP contribution >= 0.6 is 0 Å². The Morgan fingerprint density at radius 1 is 1.00 bits per heavy atom. The Bertz CT molecular complexity index is 769. The molecule has 2 aromatic rings. The summed E-state index contributed by atoms with van der Waals surface area (Å²) < 4.78 is 5.12. The first-order chi connectivity index (χ1) is 10.9. The monoisotopic (exact) mass is 315 g/mol. The molecule has 2 rings (SSSR count). The minimum absolute atomic E-state index is 0.0983. The van der Waals surface area contributed by atoms with Gasteiger partial charge < -0.3 is 20.7 Å². The molecule has 0 unspecified atom stereocenters. The average molecular weight is 315 g/mol. The van der Waals surface area contributed by atoms with Gasteiger partial charge in [-0.25, -0.2) is 9.59 Å². The van der Waals surface area contributed by atoms with E-state index in [9.17, 15) is 9.59 Å². The number of aromatic carboxylic acids is 2. The van der Waals surface area contributed by atoms with Gasteiger partial charge in [0.2, 0.25) is 0 Å². The Kier molecular flexibility index (Phi) is 4.55. The summed E-state index contributed by atoms with van der Waals surface area (Å²) in [6, 6.07) is 8.24. The molecule has 118 valence electrons. The van der Waals surface area contributed by atoms with Gasteiger partial charge in [0, 0.05) is 11.8 Å². The molecule has 0 aromatic heterocycles. The van der Waals surface area contributed by atoms with Crippen LogP contribution in [0, 0.1) is 0 Å². The summed E-state index contributed by atoms with van der Waals surface area (Å²) in [7, 11) is 1.45. The van der Waals surface area contributed by atoms with Gasteiger partial charge in [0.1, 0.15) is 11.4 Å². The number of hydrogen-bond acceptors (Lipinski definition) is 6. The third-order valence-electron chi connectivity index (χ3n) is 2.89. The fourth-order valence-corrected chi connectivity index (χ4v) is 1.80. The second-order valence-corrected chi connectivity index (χ2v) is 4.51. The molecule has 0 spiro atoms. The fourth-order valence-electron chi connectivity index (χ4n) is 1.80. The smallest absolute Gasteiger partial charge is 0.335 e. The molecular formula is C15H13N3O5. The van der Waals surface area contributed by atoms with Gasteiger partial charge in [-0.1, -0.05) is 0 Å². The largest absolute Gasteiger partial charge is 0.494 e. The van der Waals surface area contributed by atoms with Crippen molar-refractivity contribution in [2.75, 3.05) is 12.8 Å². The molecule has 0 heterocycles. The number of hydrogen-bond donors (Lipinski definition) is 3. The molecule has 0 saturated heterocycles. The van der Waals surface area contributed by atoms with Crippen molar-refractivity contribution in [3.05, 3.63) is 47.5 Å². The topological polar surface area (TPSA) is 135 Å². The van der Waals surface area contributed by atoms with Crippen LogP contribution in [0.4, 0.5) is 17.1 Å². The molecule has 23 heavy (non-hydrogen) atoms. The van der Waals surface area contributed by atoms with E-state index in [1.807, 2.05) is 0 Å². The zero-order valence-corrected chi connectivity index (χ0v) is 12.1. The van der Waals surface area contributed by atoms with E-state index in [0.29, 0.717) is 17.1 Å². The lowest BCUT2D eigenvalue weighted by molar-refractivity contribution is 0.0696. The zero-order chi connectivity index (χ0) is 17.0. The van der Waals surface area contributed by atoms with E-state index >= 15 is 0 Å². The van der Waals surface area contributed by atoms with Crippen molar-refractivity contribution < 1.29 is 24.5 Å². The molecule has 2 aromatic carbocycles. The van der Waals surface area contributed by atoms with Gasteiger partial charge in [-0.15, -0.1) is 5.11 Å². The predicted molar refractivity (Wildman–Crippen MR) is 81.9 cm³/mol. The number of nitrogens with two attached hydrogens (primary N) is 1. The third kappa shape index (κ3) is 3.82. The number of nitrogen functional groups attached to an aromatic ring is 1. The summed E-state index contributed by atoms with van der Waals surface area (Å²) in [5.74, 6) is -2.12. The highest BCUT2D eigenvalue weighted by atomic mass is 16.5. The van der Waals surface area contributed by atoms with E-state index in [1.165, 1.54) is 19.2 Å². The van der Waals surface area contributed by atoms with Gasteiger partial charge in [0.25, 0.3) is 0 Å². The van der Waals surface area contributed by atoms with Gasteiger partial charge in [0.15, 0.2) is 0 Å². The van der Waals surface area contributed by atoms with Crippen LogP contribution in [0.1, 0.15) is 20.7 Å². The van der Waals surface area contributed by atoms with E-state index in [4.69, 9.17) is 20.7 Å². The van der Waals surface area contributed by atoms with Crippen molar-refractivity contribution in [1.29, 1.82) is 0 Å². The van der Waals surface area contributed by atoms with Crippen LogP contribution in [0.3, 0.4) is 0 Å². The van der Waals surface area contributed by atoms with Gasteiger partial charge in [-0.05, 0) is 30.3 Å². The lowest BCUT2D eigenvalue weighted by Gasteiger charge is -2.04. The first-order valence-electron chi connectivity index (χ1n) is 6.37. The Morgan fingerprint density at radius 2 is 1.61 bits per heavy atom. The number of anilines is 1. The lowest BCUT2D eigenvalue weighted by Crippen LogP contribution is -2.01. The summed E-state index contributed by atoms with van der Waals surface area (Å²) >= 11 is 0. The number of nitrogens with zero attached hydrogens (tertiary/aromatic N) is 2. The number of azo groups is 1. The standard InChI is InChI=1S/C15H13N3O5/c1-23-13-7-10(16)2-3-12(13)18-17-11-5-8(14(19)20)4-9(6-11)15(21)22/h2-7H,16H2,1H3,(H,19,20)(H,21,22). The minimum Gasteiger partial charge on any atom is -0.494 e. The van der Waals surface area contributed by atoms with Crippen molar-refractivity contribution in [3.63, 3.8) is 0 Å². The summed E-state index contributed by atoms with van der Waals surface area (Å²) in [5.41, 5.74) is 6.21. The number of rotatable bonds is 5. The predicted octanol–water partition coefficient (Wildman–Crippen LogP) is 3.09. The van der Waals surface area contributed by atoms with E-state index in [1.54, 1.807) is 18.2 Å². The first-order valence-corrected chi connectivity index (χ1v) is 6.37. The molecule has 0 aliphatic rings. The number of carboxylic acid groups (broad SMARTS) is 2. The first kappa shape index (κ1) is 16.0. The molecule has 0 bridgehead atoms. The van der Waals surface area contributed by atoms with Crippen LogP contribution in [-0.4, -0.2) is 29.3 Å². The van der Waals surface area contributed by atoms with Crippen LogP contribution in [0.2, 0.25) is 0 Å².